The first-order valence-corrected chi connectivity index (χ1v) is 4.56. The Kier molecular flexibility index (Phi) is 7.06. The van der Waals surface area contributed by atoms with E-state index < -0.39 is 0 Å². The molecule has 0 amide bonds. The van der Waals surface area contributed by atoms with E-state index in [0.29, 0.717) is 19.8 Å². The number of rotatable bonds is 7. The zero-order chi connectivity index (χ0) is 11.0. The number of esters is 1. The molecule has 82 valence electrons. The van der Waals surface area contributed by atoms with Crippen LogP contribution in [0.4, 0.5) is 0 Å². The summed E-state index contributed by atoms with van der Waals surface area (Å²) in [5.41, 5.74) is 0. The molecule has 0 aliphatic carbocycles. The highest BCUT2D eigenvalue weighted by Gasteiger charge is 2.12. The predicted molar refractivity (Wildman–Crippen MR) is 55.1 cm³/mol. The third kappa shape index (κ3) is 7.76. The fourth-order valence-corrected chi connectivity index (χ4v) is 1.05. The summed E-state index contributed by atoms with van der Waals surface area (Å²) in [7, 11) is 3.84. The molecule has 0 aromatic rings. The van der Waals surface area contributed by atoms with E-state index in [4.69, 9.17) is 9.47 Å². The summed E-state index contributed by atoms with van der Waals surface area (Å²) in [5, 5.41) is 0. The van der Waals surface area contributed by atoms with E-state index in [0.717, 1.165) is 0 Å². The van der Waals surface area contributed by atoms with Gasteiger partial charge in [0.25, 0.3) is 0 Å². The monoisotopic (exact) mass is 201 g/mol. The summed E-state index contributed by atoms with van der Waals surface area (Å²) in [4.78, 5) is 12.7. The predicted octanol–water partition coefficient (Wildman–Crippen LogP) is 0.682. The van der Waals surface area contributed by atoms with Crippen molar-refractivity contribution in [3.63, 3.8) is 0 Å². The average Bonchev–Trinajstić information content (AvgIpc) is 2.02. The zero-order valence-electron chi connectivity index (χ0n) is 9.16. The van der Waals surface area contributed by atoms with Gasteiger partial charge in [-0.25, -0.2) is 0 Å². The first kappa shape index (κ1) is 13.1. The Labute approximate surface area is 85.5 Å². The van der Waals surface area contributed by atoms with Gasteiger partial charge < -0.3 is 14.4 Å². The minimum Gasteiger partial charge on any atom is -0.459 e. The fourth-order valence-electron chi connectivity index (χ4n) is 1.05. The Morgan fingerprint density at radius 2 is 2.21 bits per heavy atom. The standard InChI is InChI=1S/C10H19NO3/c1-5-6-13-8-10(7-11(3)4)14-9(2)12/h5,10H,1,6-8H2,2-4H3. The van der Waals surface area contributed by atoms with Crippen LogP contribution in [-0.2, 0) is 14.3 Å². The summed E-state index contributed by atoms with van der Waals surface area (Å²) in [6.45, 7) is 6.48. The van der Waals surface area contributed by atoms with Crippen LogP contribution in [0, 0.1) is 0 Å². The Hall–Kier alpha value is -0.870. The number of carbonyl (C=O) groups excluding carboxylic acids is 1. The maximum atomic E-state index is 10.8. The lowest BCUT2D eigenvalue weighted by Gasteiger charge is -2.20. The van der Waals surface area contributed by atoms with Crippen LogP contribution in [0.2, 0.25) is 0 Å². The molecule has 0 N–H and O–H groups in total. The number of hydrogen-bond donors (Lipinski definition) is 0. The number of carbonyl (C=O) groups is 1. The van der Waals surface area contributed by atoms with Crippen LogP contribution in [0.15, 0.2) is 12.7 Å². The van der Waals surface area contributed by atoms with Crippen LogP contribution in [0.5, 0.6) is 0 Å². The van der Waals surface area contributed by atoms with E-state index >= 15 is 0 Å². The quantitative estimate of drug-likeness (QED) is 0.345. The van der Waals surface area contributed by atoms with Crippen LogP contribution in [-0.4, -0.2) is 50.8 Å². The summed E-state index contributed by atoms with van der Waals surface area (Å²) < 4.78 is 10.3. The number of likely N-dealkylation sites (N-methyl/N-ethyl adjacent to an activating group) is 1. The smallest absolute Gasteiger partial charge is 0.303 e. The molecule has 0 aromatic heterocycles. The van der Waals surface area contributed by atoms with Crippen LogP contribution in [0.25, 0.3) is 0 Å². The van der Waals surface area contributed by atoms with Crippen molar-refractivity contribution in [1.82, 2.24) is 4.90 Å². The second-order valence-electron chi connectivity index (χ2n) is 3.32. The van der Waals surface area contributed by atoms with E-state index in [1.807, 2.05) is 19.0 Å². The van der Waals surface area contributed by atoms with Gasteiger partial charge in [0.2, 0.25) is 0 Å². The lowest BCUT2D eigenvalue weighted by Crippen LogP contribution is -2.33. The highest BCUT2D eigenvalue weighted by Crippen LogP contribution is 1.96. The van der Waals surface area contributed by atoms with Crippen molar-refractivity contribution in [1.29, 1.82) is 0 Å². The van der Waals surface area contributed by atoms with Gasteiger partial charge in [-0.05, 0) is 14.1 Å². The molecule has 1 atom stereocenters. The van der Waals surface area contributed by atoms with Gasteiger partial charge in [0, 0.05) is 13.5 Å². The zero-order valence-corrected chi connectivity index (χ0v) is 9.16. The molecule has 0 aliphatic rings. The van der Waals surface area contributed by atoms with Gasteiger partial charge >= 0.3 is 5.97 Å². The maximum Gasteiger partial charge on any atom is 0.303 e. The second kappa shape index (κ2) is 7.53. The van der Waals surface area contributed by atoms with Gasteiger partial charge in [-0.3, -0.25) is 4.79 Å². The van der Waals surface area contributed by atoms with Gasteiger partial charge in [0.15, 0.2) is 0 Å². The van der Waals surface area contributed by atoms with Crippen molar-refractivity contribution in [2.45, 2.75) is 13.0 Å². The van der Waals surface area contributed by atoms with Crippen molar-refractivity contribution in [2.24, 2.45) is 0 Å². The molecule has 0 fully saturated rings. The van der Waals surface area contributed by atoms with Crippen molar-refractivity contribution in [2.75, 3.05) is 33.9 Å². The van der Waals surface area contributed by atoms with Crippen LogP contribution in [0.1, 0.15) is 6.92 Å². The first-order valence-electron chi connectivity index (χ1n) is 4.56. The van der Waals surface area contributed by atoms with Crippen LogP contribution < -0.4 is 0 Å². The van der Waals surface area contributed by atoms with Gasteiger partial charge in [0.1, 0.15) is 6.10 Å². The summed E-state index contributed by atoms with van der Waals surface area (Å²) in [5.74, 6) is -0.279. The molecule has 0 bridgehead atoms. The topological polar surface area (TPSA) is 38.8 Å². The molecule has 14 heavy (non-hydrogen) atoms. The highest BCUT2D eigenvalue weighted by molar-refractivity contribution is 5.66. The fraction of sp³-hybridized carbons (Fsp3) is 0.700. The lowest BCUT2D eigenvalue weighted by atomic mass is 10.3. The maximum absolute atomic E-state index is 10.8. The van der Waals surface area contributed by atoms with Gasteiger partial charge in [-0.15, -0.1) is 6.58 Å². The molecule has 0 aromatic carbocycles. The van der Waals surface area contributed by atoms with Crippen molar-refractivity contribution in [3.8, 4) is 0 Å². The summed E-state index contributed by atoms with van der Waals surface area (Å²) >= 11 is 0. The third-order valence-electron chi connectivity index (χ3n) is 1.44. The minimum atomic E-state index is -0.279. The molecule has 0 spiro atoms. The molecule has 0 radical (unpaired) electrons. The molecular formula is C10H19NO3. The average molecular weight is 201 g/mol. The largest absolute Gasteiger partial charge is 0.459 e. The lowest BCUT2D eigenvalue weighted by molar-refractivity contribution is -0.149. The van der Waals surface area contributed by atoms with Crippen molar-refractivity contribution >= 4 is 5.97 Å². The van der Waals surface area contributed by atoms with Gasteiger partial charge in [-0.1, -0.05) is 6.08 Å². The number of hydrogen-bond acceptors (Lipinski definition) is 4. The summed E-state index contributed by atoms with van der Waals surface area (Å²) in [6.07, 6.45) is 1.46. The highest BCUT2D eigenvalue weighted by atomic mass is 16.6. The molecular weight excluding hydrogens is 182 g/mol. The molecule has 1 unspecified atom stereocenters. The van der Waals surface area contributed by atoms with Crippen LogP contribution >= 0.6 is 0 Å². The van der Waals surface area contributed by atoms with E-state index in [1.54, 1.807) is 6.08 Å². The summed E-state index contributed by atoms with van der Waals surface area (Å²) in [6, 6.07) is 0. The first-order chi connectivity index (χ1) is 6.56. The molecule has 4 heteroatoms. The normalized spacial score (nSPS) is 12.6. The second-order valence-corrected chi connectivity index (χ2v) is 3.32. The number of ether oxygens (including phenoxy) is 2. The molecule has 4 nitrogen and oxygen atoms in total. The van der Waals surface area contributed by atoms with E-state index in [1.165, 1.54) is 6.92 Å². The van der Waals surface area contributed by atoms with Crippen LogP contribution in [0.3, 0.4) is 0 Å². The minimum absolute atomic E-state index is 0.206. The van der Waals surface area contributed by atoms with E-state index in [2.05, 4.69) is 6.58 Å². The number of nitrogens with zero attached hydrogens (tertiary/aromatic N) is 1. The van der Waals surface area contributed by atoms with E-state index in [9.17, 15) is 4.79 Å². The van der Waals surface area contributed by atoms with Gasteiger partial charge in [-0.2, -0.15) is 0 Å². The van der Waals surface area contributed by atoms with E-state index in [-0.39, 0.29) is 12.1 Å². The van der Waals surface area contributed by atoms with Gasteiger partial charge in [0.05, 0.1) is 13.2 Å². The molecule has 0 saturated carbocycles. The molecule has 0 rings (SSSR count). The SMILES string of the molecule is C=CCOCC(CN(C)C)OC(C)=O. The van der Waals surface area contributed by atoms with Crippen molar-refractivity contribution in [3.05, 3.63) is 12.7 Å². The molecule has 0 heterocycles. The Balaban J connectivity index is 3.83. The molecule has 0 saturated heterocycles. The Morgan fingerprint density at radius 1 is 1.57 bits per heavy atom. The molecule has 0 aliphatic heterocycles. The Morgan fingerprint density at radius 3 is 2.64 bits per heavy atom. The Bertz CT molecular complexity index is 180. The third-order valence-corrected chi connectivity index (χ3v) is 1.44. The van der Waals surface area contributed by atoms with Crippen molar-refractivity contribution < 1.29 is 14.3 Å².